The van der Waals surface area contributed by atoms with Crippen LogP contribution in [0.2, 0.25) is 0 Å². The Bertz CT molecular complexity index is 524. The molecule has 1 aromatic carbocycles. The Morgan fingerprint density at radius 1 is 1.08 bits per heavy atom. The molecule has 0 unspecified atom stereocenters. The number of carbonyl (C=O) groups excluding carboxylic acids is 2. The number of amides is 1. The molecule has 0 aromatic heterocycles. The molecule has 0 N–H and O–H groups in total. The van der Waals surface area contributed by atoms with Crippen molar-refractivity contribution in [3.8, 4) is 0 Å². The molecule has 1 atom stereocenters. The van der Waals surface area contributed by atoms with Gasteiger partial charge in [0.15, 0.2) is 0 Å². The van der Waals surface area contributed by atoms with Gasteiger partial charge in [-0.3, -0.25) is 4.90 Å². The highest BCUT2D eigenvalue weighted by Gasteiger charge is 2.31. The molecule has 0 aliphatic rings. The molecule has 0 saturated carbocycles. The van der Waals surface area contributed by atoms with E-state index >= 15 is 0 Å². The van der Waals surface area contributed by atoms with Crippen molar-refractivity contribution in [1.82, 2.24) is 4.90 Å². The van der Waals surface area contributed by atoms with Gasteiger partial charge in [0.1, 0.15) is 12.6 Å². The van der Waals surface area contributed by atoms with Crippen molar-refractivity contribution in [2.24, 2.45) is 0 Å². The third kappa shape index (κ3) is 8.09. The van der Waals surface area contributed by atoms with E-state index in [0.29, 0.717) is 18.8 Å². The van der Waals surface area contributed by atoms with E-state index < -0.39 is 12.1 Å². The van der Waals surface area contributed by atoms with Gasteiger partial charge in [-0.1, -0.05) is 50.1 Å². The highest BCUT2D eigenvalue weighted by Crippen LogP contribution is 2.15. The second-order valence-electron chi connectivity index (χ2n) is 6.04. The van der Waals surface area contributed by atoms with Crippen molar-refractivity contribution in [3.05, 3.63) is 35.9 Å². The maximum Gasteiger partial charge on any atom is 0.410 e. The Labute approximate surface area is 161 Å². The normalized spacial score (nSPS) is 11.7. The predicted molar refractivity (Wildman–Crippen MR) is 103 cm³/mol. The molecular formula is C20H30ClNO4. The number of rotatable bonds is 12. The number of ether oxygens (including phenoxy) is 2. The summed E-state index contributed by atoms with van der Waals surface area (Å²) in [6.07, 6.45) is 3.39. The molecule has 26 heavy (non-hydrogen) atoms. The Hall–Kier alpha value is -1.75. The molecule has 0 spiro atoms. The minimum absolute atomic E-state index is 0.180. The quantitative estimate of drug-likeness (QED) is 0.296. The van der Waals surface area contributed by atoms with Crippen LogP contribution in [0.5, 0.6) is 0 Å². The van der Waals surface area contributed by atoms with Crippen LogP contribution >= 0.6 is 11.6 Å². The Kier molecular flexibility index (Phi) is 11.5. The number of halogens is 1. The molecule has 5 nitrogen and oxygen atoms in total. The van der Waals surface area contributed by atoms with Crippen LogP contribution in [0.4, 0.5) is 4.79 Å². The van der Waals surface area contributed by atoms with E-state index in [1.165, 1.54) is 4.90 Å². The first-order chi connectivity index (χ1) is 12.6. The van der Waals surface area contributed by atoms with Gasteiger partial charge in [0.05, 0.1) is 6.61 Å². The fourth-order valence-electron chi connectivity index (χ4n) is 2.64. The number of alkyl halides is 1. The maximum atomic E-state index is 12.7. The minimum atomic E-state index is -0.612. The van der Waals surface area contributed by atoms with Crippen molar-refractivity contribution >= 4 is 23.7 Å². The van der Waals surface area contributed by atoms with Crippen LogP contribution in [-0.2, 0) is 20.9 Å². The first-order valence-electron chi connectivity index (χ1n) is 9.33. The third-order valence-electron chi connectivity index (χ3n) is 3.97. The predicted octanol–water partition coefficient (Wildman–Crippen LogP) is 4.77. The van der Waals surface area contributed by atoms with Gasteiger partial charge in [-0.25, -0.2) is 9.59 Å². The second-order valence-corrected chi connectivity index (χ2v) is 6.42. The van der Waals surface area contributed by atoms with E-state index in [0.717, 1.165) is 31.2 Å². The molecular weight excluding hydrogens is 354 g/mol. The maximum absolute atomic E-state index is 12.7. The summed E-state index contributed by atoms with van der Waals surface area (Å²) < 4.78 is 10.6. The van der Waals surface area contributed by atoms with Gasteiger partial charge in [-0.2, -0.15) is 0 Å². The average molecular weight is 384 g/mol. The van der Waals surface area contributed by atoms with Crippen molar-refractivity contribution < 1.29 is 19.1 Å². The van der Waals surface area contributed by atoms with Crippen LogP contribution in [0.15, 0.2) is 30.3 Å². The Morgan fingerprint density at radius 3 is 2.42 bits per heavy atom. The van der Waals surface area contributed by atoms with Crippen LogP contribution < -0.4 is 0 Å². The van der Waals surface area contributed by atoms with Crippen LogP contribution in [0.3, 0.4) is 0 Å². The lowest BCUT2D eigenvalue weighted by Crippen LogP contribution is -2.46. The number of carbonyl (C=O) groups is 2. The fourth-order valence-corrected chi connectivity index (χ4v) is 2.83. The molecule has 1 amide bonds. The van der Waals surface area contributed by atoms with Gasteiger partial charge in [-0.05, 0) is 31.7 Å². The molecule has 0 fully saturated rings. The summed E-state index contributed by atoms with van der Waals surface area (Å²) >= 11 is 5.72. The Balaban J connectivity index is 2.78. The summed E-state index contributed by atoms with van der Waals surface area (Å²) in [4.78, 5) is 26.5. The van der Waals surface area contributed by atoms with E-state index in [2.05, 4.69) is 0 Å². The van der Waals surface area contributed by atoms with E-state index in [1.54, 1.807) is 6.92 Å². The number of hydrogen-bond donors (Lipinski definition) is 0. The van der Waals surface area contributed by atoms with E-state index in [9.17, 15) is 9.59 Å². The van der Waals surface area contributed by atoms with Gasteiger partial charge in [-0.15, -0.1) is 11.6 Å². The van der Waals surface area contributed by atoms with Crippen LogP contribution in [-0.4, -0.2) is 42.0 Å². The first kappa shape index (κ1) is 22.3. The van der Waals surface area contributed by atoms with Crippen LogP contribution in [0.25, 0.3) is 0 Å². The lowest BCUT2D eigenvalue weighted by Gasteiger charge is -2.29. The SMILES string of the molecule is CCC[C@@H](C(=O)OCC)N(CCCCCCl)C(=O)OCc1ccccc1. The summed E-state index contributed by atoms with van der Waals surface area (Å²) in [5, 5.41) is 0. The molecule has 0 aliphatic heterocycles. The molecule has 6 heteroatoms. The lowest BCUT2D eigenvalue weighted by molar-refractivity contribution is -0.149. The summed E-state index contributed by atoms with van der Waals surface area (Å²) in [5.41, 5.74) is 0.908. The smallest absolute Gasteiger partial charge is 0.410 e. The average Bonchev–Trinajstić information content (AvgIpc) is 2.66. The largest absolute Gasteiger partial charge is 0.464 e. The first-order valence-corrected chi connectivity index (χ1v) is 9.87. The zero-order chi connectivity index (χ0) is 19.2. The Morgan fingerprint density at radius 2 is 1.81 bits per heavy atom. The van der Waals surface area contributed by atoms with E-state index in [4.69, 9.17) is 21.1 Å². The molecule has 146 valence electrons. The number of unbranched alkanes of at least 4 members (excludes halogenated alkanes) is 2. The highest BCUT2D eigenvalue weighted by atomic mass is 35.5. The molecule has 1 rings (SSSR count). The second kappa shape index (κ2) is 13.5. The zero-order valence-electron chi connectivity index (χ0n) is 15.8. The van der Waals surface area contributed by atoms with E-state index in [-0.39, 0.29) is 19.2 Å². The van der Waals surface area contributed by atoms with Crippen LogP contribution in [0.1, 0.15) is 51.5 Å². The van der Waals surface area contributed by atoms with Gasteiger partial charge in [0.25, 0.3) is 0 Å². The topological polar surface area (TPSA) is 55.8 Å². The summed E-state index contributed by atoms with van der Waals surface area (Å²) in [5.74, 6) is 0.220. The monoisotopic (exact) mass is 383 g/mol. The highest BCUT2D eigenvalue weighted by molar-refractivity contribution is 6.17. The number of nitrogens with zero attached hydrogens (tertiary/aromatic N) is 1. The van der Waals surface area contributed by atoms with Gasteiger partial charge in [0, 0.05) is 12.4 Å². The standard InChI is InChI=1S/C20H30ClNO4/c1-3-11-18(19(23)25-4-2)22(15-10-6-9-14-21)20(24)26-16-17-12-7-5-8-13-17/h5,7-8,12-13,18H,3-4,6,9-11,14-16H2,1-2H3/t18-/m0/s1. The van der Waals surface area contributed by atoms with Crippen molar-refractivity contribution in [3.63, 3.8) is 0 Å². The molecule has 0 saturated heterocycles. The van der Waals surface area contributed by atoms with Gasteiger partial charge < -0.3 is 9.47 Å². The molecule has 0 aliphatic carbocycles. The van der Waals surface area contributed by atoms with Gasteiger partial charge >= 0.3 is 12.1 Å². The summed E-state index contributed by atoms with van der Waals surface area (Å²) in [6.45, 7) is 4.67. The van der Waals surface area contributed by atoms with Gasteiger partial charge in [0.2, 0.25) is 0 Å². The van der Waals surface area contributed by atoms with Crippen molar-refractivity contribution in [1.29, 1.82) is 0 Å². The molecule has 0 heterocycles. The minimum Gasteiger partial charge on any atom is -0.464 e. The van der Waals surface area contributed by atoms with Crippen molar-refractivity contribution in [2.45, 2.75) is 58.6 Å². The van der Waals surface area contributed by atoms with E-state index in [1.807, 2.05) is 37.3 Å². The van der Waals surface area contributed by atoms with Crippen molar-refractivity contribution in [2.75, 3.05) is 19.0 Å². The summed E-state index contributed by atoms with van der Waals surface area (Å²) in [6, 6.07) is 8.88. The third-order valence-corrected chi connectivity index (χ3v) is 4.24. The number of benzene rings is 1. The summed E-state index contributed by atoms with van der Waals surface area (Å²) in [7, 11) is 0. The molecule has 0 radical (unpaired) electrons. The fraction of sp³-hybridized carbons (Fsp3) is 0.600. The molecule has 0 bridgehead atoms. The lowest BCUT2D eigenvalue weighted by atomic mass is 10.1. The number of hydrogen-bond acceptors (Lipinski definition) is 4. The zero-order valence-corrected chi connectivity index (χ0v) is 16.5. The molecule has 1 aromatic rings. The van der Waals surface area contributed by atoms with Crippen LogP contribution in [0, 0.1) is 0 Å². The number of esters is 1.